The highest BCUT2D eigenvalue weighted by molar-refractivity contribution is 5.92. The van der Waals surface area contributed by atoms with Crippen molar-refractivity contribution in [3.05, 3.63) is 18.0 Å². The van der Waals surface area contributed by atoms with Crippen LogP contribution >= 0.6 is 0 Å². The summed E-state index contributed by atoms with van der Waals surface area (Å²) in [5.74, 6) is -0.0776. The Morgan fingerprint density at radius 1 is 1.69 bits per heavy atom. The van der Waals surface area contributed by atoms with Gasteiger partial charge < -0.3 is 10.6 Å². The van der Waals surface area contributed by atoms with Crippen LogP contribution in [0.4, 0.5) is 0 Å². The van der Waals surface area contributed by atoms with Crippen LogP contribution in [0.15, 0.2) is 12.3 Å². The molecule has 0 aliphatic carbocycles. The van der Waals surface area contributed by atoms with Gasteiger partial charge in [-0.3, -0.25) is 9.89 Å². The van der Waals surface area contributed by atoms with Crippen molar-refractivity contribution in [2.24, 2.45) is 0 Å². The maximum Gasteiger partial charge on any atom is 0.269 e. The summed E-state index contributed by atoms with van der Waals surface area (Å²) >= 11 is 0. The van der Waals surface area contributed by atoms with Gasteiger partial charge in [0.1, 0.15) is 5.69 Å². The molecular formula is C8H12N4O. The second-order valence-electron chi connectivity index (χ2n) is 3.13. The quantitative estimate of drug-likeness (QED) is 0.574. The molecule has 1 saturated heterocycles. The van der Waals surface area contributed by atoms with Crippen LogP contribution in [0.5, 0.6) is 0 Å². The number of carbonyl (C=O) groups excluding carboxylic acids is 1. The molecule has 1 aromatic rings. The monoisotopic (exact) mass is 180 g/mol. The van der Waals surface area contributed by atoms with Gasteiger partial charge >= 0.3 is 0 Å². The van der Waals surface area contributed by atoms with Crippen LogP contribution < -0.4 is 10.6 Å². The van der Waals surface area contributed by atoms with Gasteiger partial charge in [-0.25, -0.2) is 0 Å². The Labute approximate surface area is 75.9 Å². The highest BCUT2D eigenvalue weighted by Gasteiger charge is 2.17. The molecule has 1 aliphatic heterocycles. The van der Waals surface area contributed by atoms with Crippen LogP contribution in [0.3, 0.4) is 0 Å². The van der Waals surface area contributed by atoms with Crippen molar-refractivity contribution >= 4 is 5.91 Å². The molecule has 0 aromatic carbocycles. The van der Waals surface area contributed by atoms with Gasteiger partial charge in [0.15, 0.2) is 0 Å². The minimum absolute atomic E-state index is 0.0776. The van der Waals surface area contributed by atoms with E-state index in [4.69, 9.17) is 0 Å². The first-order valence-corrected chi connectivity index (χ1v) is 4.37. The van der Waals surface area contributed by atoms with E-state index in [0.29, 0.717) is 5.69 Å². The number of hydrogen-bond acceptors (Lipinski definition) is 3. The lowest BCUT2D eigenvalue weighted by molar-refractivity contribution is 0.0935. The maximum absolute atomic E-state index is 11.5. The lowest BCUT2D eigenvalue weighted by atomic mass is 10.2. The summed E-state index contributed by atoms with van der Waals surface area (Å²) < 4.78 is 0. The normalized spacial score (nSPS) is 21.7. The van der Waals surface area contributed by atoms with Gasteiger partial charge in [0, 0.05) is 18.8 Å². The van der Waals surface area contributed by atoms with Crippen LogP contribution in [-0.4, -0.2) is 35.2 Å². The molecule has 0 saturated carbocycles. The van der Waals surface area contributed by atoms with E-state index in [9.17, 15) is 4.79 Å². The van der Waals surface area contributed by atoms with E-state index in [-0.39, 0.29) is 11.9 Å². The van der Waals surface area contributed by atoms with Crippen molar-refractivity contribution in [3.8, 4) is 0 Å². The largest absolute Gasteiger partial charge is 0.347 e. The number of nitrogens with zero attached hydrogens (tertiary/aromatic N) is 1. The second-order valence-corrected chi connectivity index (χ2v) is 3.13. The predicted octanol–water partition coefficient (Wildman–Crippen LogP) is -0.499. The van der Waals surface area contributed by atoms with Crippen molar-refractivity contribution < 1.29 is 4.79 Å². The molecule has 3 N–H and O–H groups in total. The molecule has 5 nitrogen and oxygen atoms in total. The highest BCUT2D eigenvalue weighted by atomic mass is 16.2. The van der Waals surface area contributed by atoms with E-state index in [2.05, 4.69) is 20.8 Å². The Balaban J connectivity index is 1.91. The van der Waals surface area contributed by atoms with Crippen LogP contribution in [0.25, 0.3) is 0 Å². The predicted molar refractivity (Wildman–Crippen MR) is 47.3 cm³/mol. The Morgan fingerprint density at radius 2 is 2.62 bits per heavy atom. The van der Waals surface area contributed by atoms with Crippen molar-refractivity contribution in [2.45, 2.75) is 12.5 Å². The zero-order chi connectivity index (χ0) is 9.10. The number of H-pyrrole nitrogens is 1. The zero-order valence-corrected chi connectivity index (χ0v) is 7.21. The van der Waals surface area contributed by atoms with Gasteiger partial charge in [-0.05, 0) is 19.0 Å². The standard InChI is InChI=1S/C8H12N4O/c13-8(7-2-4-10-12-7)11-6-1-3-9-5-6/h2,4,6,9H,1,3,5H2,(H,10,12)(H,11,13)/t6-/m0/s1. The number of rotatable bonds is 2. The van der Waals surface area contributed by atoms with E-state index in [1.54, 1.807) is 12.3 Å². The van der Waals surface area contributed by atoms with E-state index >= 15 is 0 Å². The van der Waals surface area contributed by atoms with Crippen molar-refractivity contribution in [1.29, 1.82) is 0 Å². The average molecular weight is 180 g/mol. The van der Waals surface area contributed by atoms with Gasteiger partial charge in [0.2, 0.25) is 0 Å². The molecule has 1 aliphatic rings. The van der Waals surface area contributed by atoms with Gasteiger partial charge in [0.05, 0.1) is 0 Å². The Hall–Kier alpha value is -1.36. The lowest BCUT2D eigenvalue weighted by Crippen LogP contribution is -2.36. The molecule has 0 spiro atoms. The van der Waals surface area contributed by atoms with Crippen molar-refractivity contribution in [1.82, 2.24) is 20.8 Å². The fourth-order valence-electron chi connectivity index (χ4n) is 1.42. The summed E-state index contributed by atoms with van der Waals surface area (Å²) in [6.45, 7) is 1.84. The summed E-state index contributed by atoms with van der Waals surface area (Å²) in [4.78, 5) is 11.5. The number of nitrogens with one attached hydrogen (secondary N) is 3. The van der Waals surface area contributed by atoms with E-state index in [1.165, 1.54) is 0 Å². The SMILES string of the molecule is O=C(N[C@H]1CCNC1)c1ccn[nH]1. The first-order valence-electron chi connectivity index (χ1n) is 4.37. The third kappa shape index (κ3) is 1.86. The molecule has 1 aromatic heterocycles. The summed E-state index contributed by atoms with van der Waals surface area (Å²) in [5.41, 5.74) is 0.520. The minimum Gasteiger partial charge on any atom is -0.347 e. The highest BCUT2D eigenvalue weighted by Crippen LogP contribution is 1.99. The molecular weight excluding hydrogens is 168 g/mol. The second kappa shape index (κ2) is 3.57. The fourth-order valence-corrected chi connectivity index (χ4v) is 1.42. The molecule has 70 valence electrons. The summed E-state index contributed by atoms with van der Waals surface area (Å²) in [6.07, 6.45) is 2.57. The number of hydrogen-bond donors (Lipinski definition) is 3. The lowest BCUT2D eigenvalue weighted by Gasteiger charge is -2.09. The molecule has 1 amide bonds. The van der Waals surface area contributed by atoms with E-state index in [1.807, 2.05) is 0 Å². The smallest absolute Gasteiger partial charge is 0.269 e. The first-order chi connectivity index (χ1) is 6.36. The molecule has 0 unspecified atom stereocenters. The number of amides is 1. The van der Waals surface area contributed by atoms with Gasteiger partial charge in [-0.15, -0.1) is 0 Å². The molecule has 0 radical (unpaired) electrons. The molecule has 5 heteroatoms. The average Bonchev–Trinajstić information content (AvgIpc) is 2.74. The summed E-state index contributed by atoms with van der Waals surface area (Å²) in [6, 6.07) is 1.92. The van der Waals surface area contributed by atoms with Crippen LogP contribution in [-0.2, 0) is 0 Å². The van der Waals surface area contributed by atoms with Crippen molar-refractivity contribution in [3.63, 3.8) is 0 Å². The third-order valence-corrected chi connectivity index (χ3v) is 2.14. The molecule has 1 atom stereocenters. The number of carbonyl (C=O) groups is 1. The van der Waals surface area contributed by atoms with Crippen LogP contribution in [0, 0.1) is 0 Å². The molecule has 2 rings (SSSR count). The molecule has 0 bridgehead atoms. The Bertz CT molecular complexity index is 276. The first kappa shape index (κ1) is 8.25. The molecule has 13 heavy (non-hydrogen) atoms. The van der Waals surface area contributed by atoms with Crippen molar-refractivity contribution in [2.75, 3.05) is 13.1 Å². The van der Waals surface area contributed by atoms with Gasteiger partial charge in [-0.2, -0.15) is 5.10 Å². The van der Waals surface area contributed by atoms with Crippen LogP contribution in [0.1, 0.15) is 16.9 Å². The van der Waals surface area contributed by atoms with Crippen LogP contribution in [0.2, 0.25) is 0 Å². The maximum atomic E-state index is 11.5. The Kier molecular flexibility index (Phi) is 2.27. The number of aromatic nitrogens is 2. The summed E-state index contributed by atoms with van der Waals surface area (Å²) in [5, 5.41) is 12.4. The fraction of sp³-hybridized carbons (Fsp3) is 0.500. The minimum atomic E-state index is -0.0776. The van der Waals surface area contributed by atoms with E-state index in [0.717, 1.165) is 19.5 Å². The molecule has 2 heterocycles. The summed E-state index contributed by atoms with van der Waals surface area (Å²) in [7, 11) is 0. The number of aromatic amines is 1. The molecule has 1 fully saturated rings. The van der Waals surface area contributed by atoms with Gasteiger partial charge in [-0.1, -0.05) is 0 Å². The zero-order valence-electron chi connectivity index (χ0n) is 7.21. The van der Waals surface area contributed by atoms with E-state index < -0.39 is 0 Å². The third-order valence-electron chi connectivity index (χ3n) is 2.14. The topological polar surface area (TPSA) is 69.8 Å². The Morgan fingerprint density at radius 3 is 3.23 bits per heavy atom. The van der Waals surface area contributed by atoms with Gasteiger partial charge in [0.25, 0.3) is 5.91 Å².